The van der Waals surface area contributed by atoms with E-state index in [1.54, 1.807) is 24.5 Å². The first-order valence-corrected chi connectivity index (χ1v) is 4.55. The van der Waals surface area contributed by atoms with Crippen LogP contribution in [0.2, 0.25) is 0 Å². The van der Waals surface area contributed by atoms with Gasteiger partial charge in [-0.2, -0.15) is 4.73 Å². The molecule has 0 atom stereocenters. The van der Waals surface area contributed by atoms with Crippen molar-refractivity contribution in [2.45, 2.75) is 0 Å². The van der Waals surface area contributed by atoms with E-state index in [4.69, 9.17) is 4.84 Å². The van der Waals surface area contributed by atoms with Gasteiger partial charge in [-0.1, -0.05) is 0 Å². The minimum atomic E-state index is -0.438. The molecule has 0 saturated carbocycles. The molecule has 0 aliphatic heterocycles. The van der Waals surface area contributed by atoms with E-state index in [1.165, 1.54) is 24.0 Å². The number of nitro groups is 1. The first-order valence-electron chi connectivity index (χ1n) is 4.55. The molecule has 0 radical (unpaired) electrons. The molecule has 0 aliphatic rings. The molecule has 1 heterocycles. The molecule has 0 aliphatic carbocycles. The van der Waals surface area contributed by atoms with Crippen LogP contribution in [0.5, 0.6) is 0 Å². The maximum absolute atomic E-state index is 10.5. The van der Waals surface area contributed by atoms with Crippen LogP contribution in [0.3, 0.4) is 0 Å². The van der Waals surface area contributed by atoms with Crippen LogP contribution in [-0.2, 0) is 0 Å². The zero-order valence-electron chi connectivity index (χ0n) is 8.53. The van der Waals surface area contributed by atoms with Crippen LogP contribution in [0.4, 0.5) is 5.69 Å². The Morgan fingerprint density at radius 3 is 2.62 bits per heavy atom. The number of nitro benzene ring substituents is 1. The Bertz CT molecular complexity index is 504. The van der Waals surface area contributed by atoms with Gasteiger partial charge in [-0.15, -0.1) is 0 Å². The van der Waals surface area contributed by atoms with Crippen LogP contribution >= 0.6 is 0 Å². The summed E-state index contributed by atoms with van der Waals surface area (Å²) in [5.41, 5.74) is 0.816. The number of non-ortho nitro benzene ring substituents is 1. The van der Waals surface area contributed by atoms with Gasteiger partial charge in [0.15, 0.2) is 5.82 Å². The van der Waals surface area contributed by atoms with Gasteiger partial charge in [-0.25, -0.2) is 4.98 Å². The van der Waals surface area contributed by atoms with E-state index < -0.39 is 4.92 Å². The molecule has 0 spiro atoms. The standard InChI is InChI=1S/C10H9N3O3/c1-16-12-7-6-11-10(12)8-2-4-9(5-3-8)13(14)15/h2-7H,1H3. The highest BCUT2D eigenvalue weighted by molar-refractivity contribution is 5.57. The molecule has 6 nitrogen and oxygen atoms in total. The Labute approximate surface area is 91.2 Å². The molecule has 0 amide bonds. The van der Waals surface area contributed by atoms with E-state index in [0.717, 1.165) is 5.56 Å². The fourth-order valence-electron chi connectivity index (χ4n) is 1.37. The second-order valence-corrected chi connectivity index (χ2v) is 3.06. The zero-order valence-corrected chi connectivity index (χ0v) is 8.53. The predicted octanol–water partition coefficient (Wildman–Crippen LogP) is 1.52. The predicted molar refractivity (Wildman–Crippen MR) is 56.8 cm³/mol. The van der Waals surface area contributed by atoms with Crippen molar-refractivity contribution in [3.8, 4) is 11.4 Å². The average molecular weight is 219 g/mol. The average Bonchev–Trinajstić information content (AvgIpc) is 2.77. The summed E-state index contributed by atoms with van der Waals surface area (Å²) in [5.74, 6) is 0.609. The number of hydrogen-bond donors (Lipinski definition) is 0. The molecule has 2 aromatic rings. The van der Waals surface area contributed by atoms with Crippen LogP contribution in [0.1, 0.15) is 0 Å². The van der Waals surface area contributed by atoms with E-state index in [2.05, 4.69) is 4.98 Å². The lowest BCUT2D eigenvalue weighted by atomic mass is 10.2. The molecule has 2 rings (SSSR count). The lowest BCUT2D eigenvalue weighted by Crippen LogP contribution is -2.05. The van der Waals surface area contributed by atoms with Crippen molar-refractivity contribution < 1.29 is 9.76 Å². The molecule has 0 N–H and O–H groups in total. The number of imidazole rings is 1. The molecular weight excluding hydrogens is 210 g/mol. The van der Waals surface area contributed by atoms with E-state index in [-0.39, 0.29) is 5.69 Å². The molecular formula is C10H9N3O3. The van der Waals surface area contributed by atoms with Gasteiger partial charge in [-0.05, 0) is 12.1 Å². The van der Waals surface area contributed by atoms with E-state index in [1.807, 2.05) is 0 Å². The monoisotopic (exact) mass is 219 g/mol. The van der Waals surface area contributed by atoms with Crippen molar-refractivity contribution in [2.75, 3.05) is 7.11 Å². The lowest BCUT2D eigenvalue weighted by molar-refractivity contribution is -0.384. The Balaban J connectivity index is 2.38. The molecule has 82 valence electrons. The van der Waals surface area contributed by atoms with E-state index in [0.29, 0.717) is 5.82 Å². The normalized spacial score (nSPS) is 10.1. The lowest BCUT2D eigenvalue weighted by Gasteiger charge is -2.04. The highest BCUT2D eigenvalue weighted by Gasteiger charge is 2.09. The van der Waals surface area contributed by atoms with Crippen molar-refractivity contribution in [1.82, 2.24) is 9.71 Å². The topological polar surface area (TPSA) is 70.2 Å². The Kier molecular flexibility index (Phi) is 2.55. The van der Waals surface area contributed by atoms with E-state index >= 15 is 0 Å². The van der Waals surface area contributed by atoms with Crippen molar-refractivity contribution in [1.29, 1.82) is 0 Å². The van der Waals surface area contributed by atoms with Crippen LogP contribution in [0, 0.1) is 10.1 Å². The Hall–Kier alpha value is -2.37. The van der Waals surface area contributed by atoms with Gasteiger partial charge in [-0.3, -0.25) is 10.1 Å². The van der Waals surface area contributed by atoms with Crippen molar-refractivity contribution >= 4 is 5.69 Å². The summed E-state index contributed by atoms with van der Waals surface area (Å²) in [4.78, 5) is 19.2. The first kappa shape index (κ1) is 10.2. The summed E-state index contributed by atoms with van der Waals surface area (Å²) in [7, 11) is 1.52. The highest BCUT2D eigenvalue weighted by Crippen LogP contribution is 2.20. The molecule has 16 heavy (non-hydrogen) atoms. The number of hydrogen-bond acceptors (Lipinski definition) is 4. The van der Waals surface area contributed by atoms with Gasteiger partial charge in [0, 0.05) is 23.9 Å². The maximum atomic E-state index is 10.5. The third-order valence-corrected chi connectivity index (χ3v) is 2.14. The third-order valence-electron chi connectivity index (χ3n) is 2.14. The quantitative estimate of drug-likeness (QED) is 0.579. The summed E-state index contributed by atoms with van der Waals surface area (Å²) in [6.45, 7) is 0. The van der Waals surface area contributed by atoms with Crippen LogP contribution in [0.15, 0.2) is 36.7 Å². The SMILES string of the molecule is COn1ccnc1-c1ccc([N+](=O)[O-])cc1. The van der Waals surface area contributed by atoms with Gasteiger partial charge < -0.3 is 4.84 Å². The molecule has 0 unspecified atom stereocenters. The fourth-order valence-corrected chi connectivity index (χ4v) is 1.37. The van der Waals surface area contributed by atoms with E-state index in [9.17, 15) is 10.1 Å². The Morgan fingerprint density at radius 1 is 1.38 bits per heavy atom. The second kappa shape index (κ2) is 4.01. The molecule has 0 bridgehead atoms. The number of benzene rings is 1. The summed E-state index contributed by atoms with van der Waals surface area (Å²) < 4.78 is 1.49. The van der Waals surface area contributed by atoms with Gasteiger partial charge in [0.1, 0.15) is 7.11 Å². The molecule has 0 fully saturated rings. The zero-order chi connectivity index (χ0) is 11.5. The van der Waals surface area contributed by atoms with Crippen molar-refractivity contribution in [3.63, 3.8) is 0 Å². The smallest absolute Gasteiger partial charge is 0.269 e. The molecule has 1 aromatic heterocycles. The third kappa shape index (κ3) is 1.72. The second-order valence-electron chi connectivity index (χ2n) is 3.06. The summed E-state index contributed by atoms with van der Waals surface area (Å²) in [6.07, 6.45) is 3.26. The Morgan fingerprint density at radius 2 is 2.06 bits per heavy atom. The molecule has 0 saturated heterocycles. The van der Waals surface area contributed by atoms with Gasteiger partial charge >= 0.3 is 0 Å². The summed E-state index contributed by atoms with van der Waals surface area (Å²) >= 11 is 0. The maximum Gasteiger partial charge on any atom is 0.269 e. The van der Waals surface area contributed by atoms with Gasteiger partial charge in [0.2, 0.25) is 0 Å². The van der Waals surface area contributed by atoms with Crippen molar-refractivity contribution in [3.05, 3.63) is 46.8 Å². The van der Waals surface area contributed by atoms with Gasteiger partial charge in [0.25, 0.3) is 5.69 Å². The summed E-state index contributed by atoms with van der Waals surface area (Å²) in [6, 6.07) is 6.14. The fraction of sp³-hybridized carbons (Fsp3) is 0.100. The molecule has 1 aromatic carbocycles. The van der Waals surface area contributed by atoms with Crippen LogP contribution in [0.25, 0.3) is 11.4 Å². The van der Waals surface area contributed by atoms with Crippen molar-refractivity contribution in [2.24, 2.45) is 0 Å². The number of aromatic nitrogens is 2. The van der Waals surface area contributed by atoms with Crippen LogP contribution < -0.4 is 4.84 Å². The minimum Gasteiger partial charge on any atom is -0.416 e. The summed E-state index contributed by atoms with van der Waals surface area (Å²) in [5, 5.41) is 10.5. The minimum absolute atomic E-state index is 0.0549. The largest absolute Gasteiger partial charge is 0.416 e. The molecule has 6 heteroatoms. The number of nitrogens with zero attached hydrogens (tertiary/aromatic N) is 3. The van der Waals surface area contributed by atoms with Crippen LogP contribution in [-0.4, -0.2) is 21.7 Å². The van der Waals surface area contributed by atoms with Gasteiger partial charge in [0.05, 0.1) is 11.1 Å². The number of rotatable bonds is 3. The highest BCUT2D eigenvalue weighted by atomic mass is 16.6. The first-order chi connectivity index (χ1) is 7.72.